The normalized spacial score (nSPS) is 11.2. The summed E-state index contributed by atoms with van der Waals surface area (Å²) in [5.74, 6) is 0.189. The molecule has 0 saturated carbocycles. The van der Waals surface area contributed by atoms with Crippen molar-refractivity contribution in [1.82, 2.24) is 5.32 Å². The summed E-state index contributed by atoms with van der Waals surface area (Å²) in [4.78, 5) is 34.3. The maximum Gasteiger partial charge on any atom is 0.338 e. The highest BCUT2D eigenvalue weighted by molar-refractivity contribution is 5.89. The third-order valence-electron chi connectivity index (χ3n) is 4.84. The Morgan fingerprint density at radius 2 is 1.65 bits per heavy atom. The largest absolute Gasteiger partial charge is 0.486 e. The zero-order valence-corrected chi connectivity index (χ0v) is 18.6. The number of amides is 2. The van der Waals surface area contributed by atoms with Crippen molar-refractivity contribution in [2.75, 3.05) is 18.5 Å². The zero-order valence-electron chi connectivity index (χ0n) is 18.6. The number of rotatable bonds is 10. The number of benzene rings is 3. The number of nitrogens with zero attached hydrogens (tertiary/aromatic N) is 1. The van der Waals surface area contributed by atoms with Crippen LogP contribution in [-0.4, -0.2) is 30.1 Å². The lowest BCUT2D eigenvalue weighted by Gasteiger charge is -2.20. The van der Waals surface area contributed by atoms with Crippen molar-refractivity contribution < 1.29 is 24.0 Å². The molecule has 34 heavy (non-hydrogen) atoms. The molecule has 0 spiro atoms. The number of hydrogen-bond donors (Lipinski definition) is 2. The van der Waals surface area contributed by atoms with E-state index in [1.807, 2.05) is 30.3 Å². The minimum absolute atomic E-state index is 0.0518. The summed E-state index contributed by atoms with van der Waals surface area (Å²) < 4.78 is 11.1. The van der Waals surface area contributed by atoms with Gasteiger partial charge in [0.25, 0.3) is 5.69 Å². The van der Waals surface area contributed by atoms with E-state index < -0.39 is 16.9 Å². The second-order valence-corrected chi connectivity index (χ2v) is 7.24. The van der Waals surface area contributed by atoms with Gasteiger partial charge in [0, 0.05) is 30.8 Å². The lowest BCUT2D eigenvalue weighted by Crippen LogP contribution is -2.30. The molecule has 176 valence electrons. The summed E-state index contributed by atoms with van der Waals surface area (Å²) in [6.45, 7) is 2.37. The number of carbonyl (C=O) groups excluding carboxylic acids is 2. The maximum atomic E-state index is 12.2. The van der Waals surface area contributed by atoms with Crippen molar-refractivity contribution in [3.8, 4) is 5.75 Å². The molecular formula is C25H25N3O6. The van der Waals surface area contributed by atoms with Crippen LogP contribution >= 0.6 is 0 Å². The van der Waals surface area contributed by atoms with Crippen LogP contribution in [0.25, 0.3) is 0 Å². The predicted octanol–water partition coefficient (Wildman–Crippen LogP) is 5.10. The molecule has 2 amide bonds. The Bertz CT molecular complexity index is 1100. The van der Waals surface area contributed by atoms with Crippen molar-refractivity contribution in [1.29, 1.82) is 0 Å². The molecule has 0 aromatic heterocycles. The van der Waals surface area contributed by atoms with Crippen LogP contribution in [0.5, 0.6) is 5.75 Å². The van der Waals surface area contributed by atoms with Gasteiger partial charge in [0.05, 0.1) is 17.1 Å². The standard InChI is InChI=1S/C25H25N3O6/c1-2-33-24(29)19-8-14-22(15-9-19)34-23(18-6-4-3-5-7-18)16-17-26-25(30)27-20-10-12-21(13-11-20)28(31)32/h3-15,23H,2,16-17H2,1H3,(H2,26,27,30). The molecule has 0 aliphatic rings. The fraction of sp³-hybridized carbons (Fsp3) is 0.200. The molecule has 3 rings (SSSR count). The first-order chi connectivity index (χ1) is 16.5. The van der Waals surface area contributed by atoms with Crippen molar-refractivity contribution in [2.24, 2.45) is 0 Å². The van der Waals surface area contributed by atoms with Crippen LogP contribution in [-0.2, 0) is 4.74 Å². The smallest absolute Gasteiger partial charge is 0.338 e. The van der Waals surface area contributed by atoms with Gasteiger partial charge in [-0.25, -0.2) is 9.59 Å². The number of nitro benzene ring substituents is 1. The van der Waals surface area contributed by atoms with Gasteiger partial charge in [-0.15, -0.1) is 0 Å². The van der Waals surface area contributed by atoms with Gasteiger partial charge in [0.15, 0.2) is 0 Å². The number of anilines is 1. The summed E-state index contributed by atoms with van der Waals surface area (Å²) in [6, 6.07) is 21.4. The van der Waals surface area contributed by atoms with Crippen molar-refractivity contribution in [3.05, 3.63) is 100 Å². The van der Waals surface area contributed by atoms with Crippen LogP contribution in [0.2, 0.25) is 0 Å². The number of urea groups is 1. The fourth-order valence-corrected chi connectivity index (χ4v) is 3.17. The van der Waals surface area contributed by atoms with Gasteiger partial charge in [0.2, 0.25) is 0 Å². The van der Waals surface area contributed by atoms with Gasteiger partial charge in [-0.05, 0) is 48.9 Å². The first-order valence-corrected chi connectivity index (χ1v) is 10.7. The Morgan fingerprint density at radius 1 is 0.971 bits per heavy atom. The second kappa shape index (κ2) is 12.0. The molecule has 9 heteroatoms. The molecular weight excluding hydrogens is 438 g/mol. The molecule has 0 fully saturated rings. The molecule has 0 saturated heterocycles. The minimum Gasteiger partial charge on any atom is -0.486 e. The highest BCUT2D eigenvalue weighted by atomic mass is 16.6. The van der Waals surface area contributed by atoms with E-state index in [1.165, 1.54) is 24.3 Å². The van der Waals surface area contributed by atoms with E-state index in [0.717, 1.165) is 5.56 Å². The third kappa shape index (κ3) is 7.06. The first kappa shape index (κ1) is 24.2. The summed E-state index contributed by atoms with van der Waals surface area (Å²) >= 11 is 0. The van der Waals surface area contributed by atoms with E-state index in [9.17, 15) is 19.7 Å². The molecule has 1 unspecified atom stereocenters. The number of ether oxygens (including phenoxy) is 2. The van der Waals surface area contributed by atoms with Gasteiger partial charge in [-0.3, -0.25) is 10.1 Å². The first-order valence-electron chi connectivity index (χ1n) is 10.7. The lowest BCUT2D eigenvalue weighted by atomic mass is 10.1. The third-order valence-corrected chi connectivity index (χ3v) is 4.84. The number of nitro groups is 1. The maximum absolute atomic E-state index is 12.2. The molecule has 0 bridgehead atoms. The van der Waals surface area contributed by atoms with E-state index in [1.54, 1.807) is 31.2 Å². The highest BCUT2D eigenvalue weighted by Gasteiger charge is 2.15. The Labute approximate surface area is 196 Å². The van der Waals surface area contributed by atoms with Gasteiger partial charge < -0.3 is 20.1 Å². The Kier molecular flexibility index (Phi) is 8.56. The number of carbonyl (C=O) groups is 2. The van der Waals surface area contributed by atoms with Crippen molar-refractivity contribution in [3.63, 3.8) is 0 Å². The topological polar surface area (TPSA) is 120 Å². The van der Waals surface area contributed by atoms with Gasteiger partial charge in [-0.1, -0.05) is 30.3 Å². The molecule has 0 aliphatic heterocycles. The van der Waals surface area contributed by atoms with E-state index >= 15 is 0 Å². The number of esters is 1. The molecule has 3 aromatic rings. The van der Waals surface area contributed by atoms with Crippen molar-refractivity contribution in [2.45, 2.75) is 19.4 Å². The molecule has 3 aromatic carbocycles. The molecule has 9 nitrogen and oxygen atoms in total. The van der Waals surface area contributed by atoms with Crippen LogP contribution < -0.4 is 15.4 Å². The molecule has 0 radical (unpaired) electrons. The molecule has 1 atom stereocenters. The quantitative estimate of drug-likeness (QED) is 0.245. The minimum atomic E-state index is -0.502. The summed E-state index contributed by atoms with van der Waals surface area (Å²) in [5.41, 5.74) is 1.77. The Hall–Kier alpha value is -4.40. The SMILES string of the molecule is CCOC(=O)c1ccc(OC(CCNC(=O)Nc2ccc([N+](=O)[O-])cc2)c2ccccc2)cc1. The molecule has 0 heterocycles. The fourth-order valence-electron chi connectivity index (χ4n) is 3.17. The van der Waals surface area contributed by atoms with Crippen LogP contribution in [0.3, 0.4) is 0 Å². The Balaban J connectivity index is 1.58. The van der Waals surface area contributed by atoms with Crippen LogP contribution in [0.4, 0.5) is 16.2 Å². The lowest BCUT2D eigenvalue weighted by molar-refractivity contribution is -0.384. The van der Waals surface area contributed by atoms with Crippen LogP contribution in [0.15, 0.2) is 78.9 Å². The van der Waals surface area contributed by atoms with Crippen LogP contribution in [0.1, 0.15) is 35.4 Å². The zero-order chi connectivity index (χ0) is 24.3. The number of nitrogens with one attached hydrogen (secondary N) is 2. The van der Waals surface area contributed by atoms with Crippen LogP contribution in [0, 0.1) is 10.1 Å². The van der Waals surface area contributed by atoms with E-state index in [0.29, 0.717) is 36.6 Å². The Morgan fingerprint density at radius 3 is 2.26 bits per heavy atom. The van der Waals surface area contributed by atoms with Gasteiger partial charge >= 0.3 is 12.0 Å². The van der Waals surface area contributed by atoms with Crippen molar-refractivity contribution >= 4 is 23.4 Å². The second-order valence-electron chi connectivity index (χ2n) is 7.24. The number of non-ortho nitro benzene ring substituents is 1. The summed E-state index contributed by atoms with van der Waals surface area (Å²) in [5, 5.41) is 16.1. The average molecular weight is 463 g/mol. The monoisotopic (exact) mass is 463 g/mol. The summed E-state index contributed by atoms with van der Waals surface area (Å²) in [7, 11) is 0. The van der Waals surface area contributed by atoms with E-state index in [2.05, 4.69) is 10.6 Å². The molecule has 2 N–H and O–H groups in total. The van der Waals surface area contributed by atoms with E-state index in [-0.39, 0.29) is 11.8 Å². The summed E-state index contributed by atoms with van der Waals surface area (Å²) in [6.07, 6.45) is 0.145. The van der Waals surface area contributed by atoms with Gasteiger partial charge in [-0.2, -0.15) is 0 Å². The van der Waals surface area contributed by atoms with E-state index in [4.69, 9.17) is 9.47 Å². The highest BCUT2D eigenvalue weighted by Crippen LogP contribution is 2.25. The molecule has 0 aliphatic carbocycles. The van der Waals surface area contributed by atoms with Gasteiger partial charge in [0.1, 0.15) is 11.9 Å². The average Bonchev–Trinajstić information content (AvgIpc) is 2.85. The predicted molar refractivity (Wildman–Crippen MR) is 127 cm³/mol. The number of hydrogen-bond acceptors (Lipinski definition) is 6.